The molecule has 2 rings (SSSR count). The quantitative estimate of drug-likeness (QED) is 0.824. The van der Waals surface area contributed by atoms with Crippen molar-refractivity contribution in [2.24, 2.45) is 5.92 Å². The maximum Gasteiger partial charge on any atom is 0.407 e. The van der Waals surface area contributed by atoms with Crippen molar-refractivity contribution in [3.05, 3.63) is 16.6 Å². The Bertz CT molecular complexity index is 580. The number of ether oxygens (including phenoxy) is 1. The van der Waals surface area contributed by atoms with E-state index < -0.39 is 24.3 Å². The van der Waals surface area contributed by atoms with E-state index in [1.165, 1.54) is 12.0 Å². The van der Waals surface area contributed by atoms with Crippen LogP contribution in [0.3, 0.4) is 0 Å². The third-order valence-electron chi connectivity index (χ3n) is 3.80. The molecular weight excluding hydrogens is 371 g/mol. The lowest BCUT2D eigenvalue weighted by Crippen LogP contribution is -2.51. The second-order valence-corrected chi connectivity index (χ2v) is 6.67. The van der Waals surface area contributed by atoms with Crippen molar-refractivity contribution in [3.63, 3.8) is 0 Å². The molecule has 0 aromatic carbocycles. The molecule has 1 fully saturated rings. The van der Waals surface area contributed by atoms with Gasteiger partial charge in [-0.2, -0.15) is 0 Å². The molecule has 0 radical (unpaired) electrons. The fraction of sp³-hybridized carbons (Fsp3) is 0.643. The number of carbonyl (C=O) groups excluding carboxylic acids is 2. The number of alkyl halides is 1. The molecule has 1 aliphatic heterocycles. The Kier molecular flexibility index (Phi) is 5.61. The summed E-state index contributed by atoms with van der Waals surface area (Å²) in [7, 11) is 1.23. The monoisotopic (exact) mass is 390 g/mol. The number of aromatic nitrogens is 2. The first-order valence-electron chi connectivity index (χ1n) is 7.33. The average Bonchev–Trinajstić information content (AvgIpc) is 3.09. The number of rotatable bonds is 4. The molecule has 1 aromatic heterocycles. The molecule has 3 atom stereocenters. The Morgan fingerprint density at radius 1 is 1.57 bits per heavy atom. The number of imidazole rings is 1. The second-order valence-electron chi connectivity index (χ2n) is 5.81. The van der Waals surface area contributed by atoms with E-state index >= 15 is 0 Å². The van der Waals surface area contributed by atoms with Gasteiger partial charge in [0.05, 0.1) is 25.9 Å². The van der Waals surface area contributed by atoms with Crippen LogP contribution in [0.4, 0.5) is 9.18 Å². The van der Waals surface area contributed by atoms with Gasteiger partial charge in [0.15, 0.2) is 0 Å². The number of aromatic amines is 1. The summed E-state index contributed by atoms with van der Waals surface area (Å²) in [5.41, 5.74) is 0. The first-order chi connectivity index (χ1) is 10.8. The third kappa shape index (κ3) is 4.01. The highest BCUT2D eigenvalue weighted by atomic mass is 79.9. The number of carbonyl (C=O) groups is 2. The van der Waals surface area contributed by atoms with Gasteiger partial charge in [0.25, 0.3) is 0 Å². The topological polar surface area (TPSA) is 87.3 Å². The van der Waals surface area contributed by atoms with Crippen molar-refractivity contribution in [1.29, 1.82) is 0 Å². The first kappa shape index (κ1) is 17.7. The van der Waals surface area contributed by atoms with Gasteiger partial charge in [0, 0.05) is 6.42 Å². The molecular formula is C14H20BrFN4O3. The van der Waals surface area contributed by atoms with Crippen LogP contribution in [0.15, 0.2) is 10.8 Å². The summed E-state index contributed by atoms with van der Waals surface area (Å²) in [4.78, 5) is 32.8. The summed E-state index contributed by atoms with van der Waals surface area (Å²) in [5, 5.41) is 2.52. The predicted molar refractivity (Wildman–Crippen MR) is 84.4 cm³/mol. The highest BCUT2D eigenvalue weighted by Gasteiger charge is 2.41. The van der Waals surface area contributed by atoms with E-state index in [1.54, 1.807) is 20.0 Å². The van der Waals surface area contributed by atoms with Gasteiger partial charge in [0.2, 0.25) is 5.91 Å². The number of likely N-dealkylation sites (tertiary alicyclic amines) is 1. The van der Waals surface area contributed by atoms with Crippen LogP contribution in [0.25, 0.3) is 0 Å². The van der Waals surface area contributed by atoms with Gasteiger partial charge in [-0.1, -0.05) is 13.8 Å². The van der Waals surface area contributed by atoms with Crippen LogP contribution in [-0.4, -0.2) is 52.7 Å². The van der Waals surface area contributed by atoms with Gasteiger partial charge >= 0.3 is 6.09 Å². The minimum atomic E-state index is -1.13. The van der Waals surface area contributed by atoms with Crippen molar-refractivity contribution in [1.82, 2.24) is 20.2 Å². The first-order valence-corrected chi connectivity index (χ1v) is 8.12. The lowest BCUT2D eigenvalue weighted by atomic mass is 10.0. The molecule has 0 unspecified atom stereocenters. The molecule has 1 aromatic rings. The third-order valence-corrected chi connectivity index (χ3v) is 4.21. The van der Waals surface area contributed by atoms with Gasteiger partial charge in [-0.25, -0.2) is 14.2 Å². The van der Waals surface area contributed by atoms with Gasteiger partial charge < -0.3 is 19.9 Å². The van der Waals surface area contributed by atoms with Gasteiger partial charge in [0.1, 0.15) is 22.6 Å². The molecule has 0 bridgehead atoms. The fourth-order valence-corrected chi connectivity index (χ4v) is 2.95. The summed E-state index contributed by atoms with van der Waals surface area (Å²) in [6.45, 7) is 3.59. The Morgan fingerprint density at radius 2 is 2.26 bits per heavy atom. The number of methoxy groups -OCH3 is 1. The number of amides is 2. The van der Waals surface area contributed by atoms with Crippen molar-refractivity contribution >= 4 is 27.9 Å². The number of H-pyrrole nitrogens is 1. The Balaban J connectivity index is 2.21. The fourth-order valence-electron chi connectivity index (χ4n) is 2.65. The summed E-state index contributed by atoms with van der Waals surface area (Å²) >= 11 is 3.26. The Hall–Kier alpha value is -1.64. The molecule has 0 aliphatic carbocycles. The minimum Gasteiger partial charge on any atom is -0.453 e. The summed E-state index contributed by atoms with van der Waals surface area (Å²) < 4.78 is 19.1. The predicted octanol–water partition coefficient (Wildman–Crippen LogP) is 2.16. The van der Waals surface area contributed by atoms with E-state index in [-0.39, 0.29) is 24.8 Å². The number of alkyl carbamates (subject to hydrolysis) is 1. The molecule has 0 spiro atoms. The molecule has 7 nitrogen and oxygen atoms in total. The van der Waals surface area contributed by atoms with Crippen LogP contribution in [-0.2, 0) is 9.53 Å². The zero-order valence-corrected chi connectivity index (χ0v) is 14.8. The SMILES string of the molecule is COC(=O)N[C@H](C(=O)N1C[C@H](F)C[C@H]1c1ncc(Br)[nH]1)C(C)C. The van der Waals surface area contributed by atoms with Crippen molar-refractivity contribution in [2.45, 2.75) is 38.5 Å². The van der Waals surface area contributed by atoms with E-state index in [9.17, 15) is 14.0 Å². The van der Waals surface area contributed by atoms with Gasteiger partial charge in [-0.05, 0) is 21.8 Å². The van der Waals surface area contributed by atoms with Crippen LogP contribution >= 0.6 is 15.9 Å². The number of halogens is 2. The van der Waals surface area contributed by atoms with Crippen LogP contribution in [0.1, 0.15) is 32.1 Å². The van der Waals surface area contributed by atoms with Crippen molar-refractivity contribution < 1.29 is 18.7 Å². The van der Waals surface area contributed by atoms with Crippen LogP contribution in [0.2, 0.25) is 0 Å². The molecule has 1 saturated heterocycles. The van der Waals surface area contributed by atoms with Gasteiger partial charge in [-0.3, -0.25) is 4.79 Å². The molecule has 1 aliphatic rings. The summed E-state index contributed by atoms with van der Waals surface area (Å²) in [5.74, 6) is 0.0123. The van der Waals surface area contributed by atoms with E-state index in [0.717, 1.165) is 0 Å². The van der Waals surface area contributed by atoms with E-state index in [0.29, 0.717) is 10.4 Å². The Labute approximate surface area is 142 Å². The van der Waals surface area contributed by atoms with Crippen molar-refractivity contribution in [2.75, 3.05) is 13.7 Å². The van der Waals surface area contributed by atoms with Crippen LogP contribution in [0.5, 0.6) is 0 Å². The standard InChI is InChI=1S/C14H20BrFN4O3/c1-7(2)11(19-14(22)23-3)13(21)20-6-8(16)4-9(20)12-17-5-10(15)18-12/h5,7-9,11H,4,6H2,1-3H3,(H,17,18)(H,19,22)/t8-,9+,11+/m1/s1. The number of nitrogens with zero attached hydrogens (tertiary/aromatic N) is 2. The smallest absolute Gasteiger partial charge is 0.407 e. The van der Waals surface area contributed by atoms with Crippen LogP contribution < -0.4 is 5.32 Å². The molecule has 128 valence electrons. The van der Waals surface area contributed by atoms with E-state index in [1.807, 2.05) is 0 Å². The van der Waals surface area contributed by atoms with Gasteiger partial charge in [-0.15, -0.1) is 0 Å². The number of hydrogen-bond acceptors (Lipinski definition) is 4. The minimum absolute atomic E-state index is 0.0199. The highest BCUT2D eigenvalue weighted by Crippen LogP contribution is 2.33. The zero-order chi connectivity index (χ0) is 17.1. The molecule has 9 heteroatoms. The lowest BCUT2D eigenvalue weighted by molar-refractivity contribution is -0.135. The second kappa shape index (κ2) is 7.29. The largest absolute Gasteiger partial charge is 0.453 e. The highest BCUT2D eigenvalue weighted by molar-refractivity contribution is 9.10. The zero-order valence-electron chi connectivity index (χ0n) is 13.2. The van der Waals surface area contributed by atoms with E-state index in [4.69, 9.17) is 0 Å². The molecule has 2 amide bonds. The lowest BCUT2D eigenvalue weighted by Gasteiger charge is -2.29. The molecule has 23 heavy (non-hydrogen) atoms. The number of nitrogens with one attached hydrogen (secondary N) is 2. The maximum absolute atomic E-state index is 13.9. The van der Waals surface area contributed by atoms with Crippen LogP contribution in [0, 0.1) is 5.92 Å². The molecule has 2 N–H and O–H groups in total. The average molecular weight is 391 g/mol. The van der Waals surface area contributed by atoms with E-state index in [2.05, 4.69) is 36.0 Å². The van der Waals surface area contributed by atoms with Crippen molar-refractivity contribution in [3.8, 4) is 0 Å². The summed E-state index contributed by atoms with van der Waals surface area (Å²) in [6.07, 6.45) is -0.0747. The normalized spacial score (nSPS) is 22.3. The Morgan fingerprint density at radius 3 is 2.78 bits per heavy atom. The number of hydrogen-bond donors (Lipinski definition) is 2. The maximum atomic E-state index is 13.9. The summed E-state index contributed by atoms with van der Waals surface area (Å²) in [6, 6.07) is -1.27. The molecule has 2 heterocycles. The molecule has 0 saturated carbocycles.